The number of nitrogens with zero attached hydrogens (tertiary/aromatic N) is 3. The largest absolute Gasteiger partial charge is 0.493 e. The number of piperazine rings is 1. The van der Waals surface area contributed by atoms with Crippen molar-refractivity contribution in [3.05, 3.63) is 48.7 Å². The van der Waals surface area contributed by atoms with Gasteiger partial charge in [0.25, 0.3) is 0 Å². The summed E-state index contributed by atoms with van der Waals surface area (Å²) in [5.41, 5.74) is 1.37. The van der Waals surface area contributed by atoms with Gasteiger partial charge < -0.3 is 28.7 Å². The Labute approximate surface area is 224 Å². The molecule has 0 radical (unpaired) electrons. The maximum atomic E-state index is 12.6. The number of likely N-dealkylation sites (N-methyl/N-ethyl adjacent to an activating group) is 1. The first-order valence-corrected chi connectivity index (χ1v) is 13.2. The van der Waals surface area contributed by atoms with Crippen molar-refractivity contribution in [2.24, 2.45) is 0 Å². The number of methoxy groups -OCH3 is 2. The first-order valence-electron chi connectivity index (χ1n) is 13.2. The van der Waals surface area contributed by atoms with Gasteiger partial charge in [-0.3, -0.25) is 10.3 Å². The lowest BCUT2D eigenvalue weighted by molar-refractivity contribution is 0.0811. The van der Waals surface area contributed by atoms with Crippen molar-refractivity contribution in [2.75, 3.05) is 59.3 Å². The Morgan fingerprint density at radius 2 is 1.68 bits per heavy atom. The molecule has 9 heteroatoms. The molecule has 0 spiro atoms. The lowest BCUT2D eigenvalue weighted by atomic mass is 10.1. The van der Waals surface area contributed by atoms with Gasteiger partial charge in [-0.05, 0) is 56.3 Å². The van der Waals surface area contributed by atoms with Crippen LogP contribution in [0.1, 0.15) is 26.2 Å². The predicted octanol–water partition coefficient (Wildman–Crippen LogP) is 5.40. The van der Waals surface area contributed by atoms with Gasteiger partial charge in [-0.1, -0.05) is 13.3 Å². The summed E-state index contributed by atoms with van der Waals surface area (Å²) in [6.45, 7) is 7.35. The molecule has 1 aliphatic rings. The van der Waals surface area contributed by atoms with Crippen molar-refractivity contribution < 1.29 is 23.7 Å². The Kier molecular flexibility index (Phi) is 9.62. The minimum atomic E-state index is -0.434. The zero-order valence-electron chi connectivity index (χ0n) is 22.7. The van der Waals surface area contributed by atoms with Crippen LogP contribution in [0.4, 0.5) is 10.5 Å². The Morgan fingerprint density at radius 1 is 0.974 bits per heavy atom. The van der Waals surface area contributed by atoms with E-state index >= 15 is 0 Å². The average Bonchev–Trinajstić information content (AvgIpc) is 2.93. The van der Waals surface area contributed by atoms with Gasteiger partial charge in [0.1, 0.15) is 17.6 Å². The number of benzene rings is 2. The number of anilines is 1. The van der Waals surface area contributed by atoms with Crippen LogP contribution < -0.4 is 19.5 Å². The van der Waals surface area contributed by atoms with Gasteiger partial charge in [0.05, 0.1) is 19.7 Å². The van der Waals surface area contributed by atoms with Gasteiger partial charge in [0.15, 0.2) is 11.5 Å². The van der Waals surface area contributed by atoms with E-state index in [9.17, 15) is 4.79 Å². The number of rotatable bonds is 11. The second-order valence-electron chi connectivity index (χ2n) is 9.53. The maximum Gasteiger partial charge on any atom is 0.411 e. The van der Waals surface area contributed by atoms with E-state index in [2.05, 4.69) is 34.1 Å². The molecule has 1 fully saturated rings. The topological polar surface area (TPSA) is 85.4 Å². The smallest absolute Gasteiger partial charge is 0.411 e. The van der Waals surface area contributed by atoms with E-state index < -0.39 is 6.09 Å². The molecule has 1 N–H and O–H groups in total. The molecule has 3 aromatic rings. The summed E-state index contributed by atoms with van der Waals surface area (Å²) in [5.74, 6) is 2.47. The normalized spacial score (nSPS) is 15.2. The molecule has 204 valence electrons. The standard InChI is InChI=1S/C29H38N4O5/c1-5-6-22(12-14-33-17-15-32(2)16-18-33)38-29(34)31-21-7-9-23(10-8-21)37-26-11-13-30-25-20-28(36-4)27(35-3)19-24(25)26/h7-11,13,19-20,22H,5-6,12,14-18H2,1-4H3,(H,31,34). The van der Waals surface area contributed by atoms with Gasteiger partial charge in [-0.25, -0.2) is 4.79 Å². The highest BCUT2D eigenvalue weighted by molar-refractivity contribution is 5.88. The number of carbonyl (C=O) groups excluding carboxylic acids is 1. The van der Waals surface area contributed by atoms with E-state index in [0.29, 0.717) is 28.7 Å². The van der Waals surface area contributed by atoms with Gasteiger partial charge >= 0.3 is 6.09 Å². The van der Waals surface area contributed by atoms with Gasteiger partial charge in [0.2, 0.25) is 0 Å². The molecule has 1 atom stereocenters. The lowest BCUT2D eigenvalue weighted by Crippen LogP contribution is -2.45. The summed E-state index contributed by atoms with van der Waals surface area (Å²) in [6, 6.07) is 12.7. The van der Waals surface area contributed by atoms with Crippen LogP contribution >= 0.6 is 0 Å². The number of aromatic nitrogens is 1. The first-order chi connectivity index (χ1) is 18.5. The van der Waals surface area contributed by atoms with Crippen LogP contribution in [-0.4, -0.2) is 81.0 Å². The summed E-state index contributed by atoms with van der Waals surface area (Å²) in [7, 11) is 5.34. The quantitative estimate of drug-likeness (QED) is 0.358. The van der Waals surface area contributed by atoms with Crippen LogP contribution in [0.5, 0.6) is 23.0 Å². The van der Waals surface area contributed by atoms with E-state index in [1.165, 1.54) is 0 Å². The molecule has 1 saturated heterocycles. The highest BCUT2D eigenvalue weighted by Crippen LogP contribution is 2.37. The van der Waals surface area contributed by atoms with Crippen molar-refractivity contribution in [1.82, 2.24) is 14.8 Å². The number of hydrogen-bond donors (Lipinski definition) is 1. The molecule has 0 aliphatic carbocycles. The molecule has 0 saturated carbocycles. The molecule has 9 nitrogen and oxygen atoms in total. The number of nitrogens with one attached hydrogen (secondary N) is 1. The predicted molar refractivity (Wildman–Crippen MR) is 149 cm³/mol. The number of amides is 1. The fraction of sp³-hybridized carbons (Fsp3) is 0.448. The summed E-state index contributed by atoms with van der Waals surface area (Å²) in [5, 5.41) is 3.65. The van der Waals surface area contributed by atoms with E-state index in [-0.39, 0.29) is 6.10 Å². The van der Waals surface area contributed by atoms with E-state index in [0.717, 1.165) is 62.9 Å². The van der Waals surface area contributed by atoms with Gasteiger partial charge in [-0.15, -0.1) is 0 Å². The second-order valence-corrected chi connectivity index (χ2v) is 9.53. The third kappa shape index (κ3) is 7.26. The molecule has 2 aromatic carbocycles. The van der Waals surface area contributed by atoms with Crippen molar-refractivity contribution in [1.29, 1.82) is 0 Å². The van der Waals surface area contributed by atoms with Crippen molar-refractivity contribution >= 4 is 22.7 Å². The Balaban J connectivity index is 1.34. The summed E-state index contributed by atoms with van der Waals surface area (Å²) < 4.78 is 22.7. The number of carbonyl (C=O) groups is 1. The van der Waals surface area contributed by atoms with Gasteiger partial charge in [0, 0.05) is 56.1 Å². The molecule has 4 rings (SSSR count). The van der Waals surface area contributed by atoms with Crippen LogP contribution in [0.3, 0.4) is 0 Å². The van der Waals surface area contributed by atoms with Crippen LogP contribution in [-0.2, 0) is 4.74 Å². The molecule has 38 heavy (non-hydrogen) atoms. The Bertz CT molecular complexity index is 1200. The third-order valence-corrected chi connectivity index (χ3v) is 6.78. The minimum Gasteiger partial charge on any atom is -0.493 e. The number of hydrogen-bond acceptors (Lipinski definition) is 8. The zero-order valence-corrected chi connectivity index (χ0v) is 22.7. The second kappa shape index (κ2) is 13.3. The summed E-state index contributed by atoms with van der Waals surface area (Å²) >= 11 is 0. The van der Waals surface area contributed by atoms with Crippen LogP contribution in [0.25, 0.3) is 10.9 Å². The van der Waals surface area contributed by atoms with E-state index in [1.807, 2.05) is 12.1 Å². The molecule has 1 amide bonds. The number of ether oxygens (including phenoxy) is 4. The van der Waals surface area contributed by atoms with Gasteiger partial charge in [-0.2, -0.15) is 0 Å². The summed E-state index contributed by atoms with van der Waals surface area (Å²) in [4.78, 5) is 21.8. The Morgan fingerprint density at radius 3 is 2.37 bits per heavy atom. The van der Waals surface area contributed by atoms with Crippen molar-refractivity contribution in [3.8, 4) is 23.0 Å². The molecule has 1 aliphatic heterocycles. The summed E-state index contributed by atoms with van der Waals surface area (Å²) in [6.07, 6.45) is 3.81. The molecular weight excluding hydrogens is 484 g/mol. The average molecular weight is 523 g/mol. The SMILES string of the molecule is CCCC(CCN1CCN(C)CC1)OC(=O)Nc1ccc(Oc2ccnc3cc(OC)c(OC)cc23)cc1. The number of pyridine rings is 1. The monoisotopic (exact) mass is 522 g/mol. The highest BCUT2D eigenvalue weighted by atomic mass is 16.6. The number of fused-ring (bicyclic) bond motifs is 1. The Hall–Kier alpha value is -3.56. The first kappa shape index (κ1) is 27.5. The molecule has 1 aromatic heterocycles. The highest BCUT2D eigenvalue weighted by Gasteiger charge is 2.19. The fourth-order valence-electron chi connectivity index (χ4n) is 4.55. The molecular formula is C29H38N4O5. The van der Waals surface area contributed by atoms with E-state index in [1.54, 1.807) is 50.7 Å². The van der Waals surface area contributed by atoms with Crippen LogP contribution in [0.2, 0.25) is 0 Å². The zero-order chi connectivity index (χ0) is 26.9. The van der Waals surface area contributed by atoms with Crippen LogP contribution in [0, 0.1) is 0 Å². The van der Waals surface area contributed by atoms with Crippen LogP contribution in [0.15, 0.2) is 48.7 Å². The molecule has 2 heterocycles. The third-order valence-electron chi connectivity index (χ3n) is 6.78. The maximum absolute atomic E-state index is 12.6. The van der Waals surface area contributed by atoms with Crippen molar-refractivity contribution in [2.45, 2.75) is 32.3 Å². The lowest BCUT2D eigenvalue weighted by Gasteiger charge is -2.33. The minimum absolute atomic E-state index is 0.0992. The van der Waals surface area contributed by atoms with E-state index in [4.69, 9.17) is 18.9 Å². The molecule has 0 bridgehead atoms. The molecule has 1 unspecified atom stereocenters. The fourth-order valence-corrected chi connectivity index (χ4v) is 4.55. The van der Waals surface area contributed by atoms with Crippen molar-refractivity contribution in [3.63, 3.8) is 0 Å².